The summed E-state index contributed by atoms with van der Waals surface area (Å²) in [7, 11) is 1.39. The summed E-state index contributed by atoms with van der Waals surface area (Å²) in [6, 6.07) is 0. The maximum Gasteiger partial charge on any atom is 0.332 e. The van der Waals surface area contributed by atoms with Crippen LogP contribution in [-0.4, -0.2) is 9.13 Å². The van der Waals surface area contributed by atoms with Crippen molar-refractivity contribution < 1.29 is 0 Å². The number of hydrogen-bond acceptors (Lipinski definition) is 4. The molecule has 1 aromatic rings. The lowest BCUT2D eigenvalue weighted by atomic mass is 9.97. The Balaban J connectivity index is 3.53. The molecule has 0 radical (unpaired) electrons. The van der Waals surface area contributed by atoms with E-state index < -0.39 is 11.2 Å². The summed E-state index contributed by atoms with van der Waals surface area (Å²) in [6.45, 7) is 6.33. The maximum absolute atomic E-state index is 11.8. The predicted octanol–water partition coefficient (Wildman–Crippen LogP) is -0.243. The molecular formula is C10H18N4O2. The van der Waals surface area contributed by atoms with Crippen molar-refractivity contribution in [3.05, 3.63) is 20.8 Å². The van der Waals surface area contributed by atoms with Crippen LogP contribution in [0, 0.1) is 5.41 Å². The van der Waals surface area contributed by atoms with Gasteiger partial charge in [0.15, 0.2) is 0 Å². The van der Waals surface area contributed by atoms with E-state index >= 15 is 0 Å². The Labute approximate surface area is 93.5 Å². The van der Waals surface area contributed by atoms with Crippen molar-refractivity contribution in [3.8, 4) is 0 Å². The molecule has 4 N–H and O–H groups in total. The van der Waals surface area contributed by atoms with Gasteiger partial charge in [0.1, 0.15) is 11.5 Å². The molecule has 0 atom stereocenters. The molecule has 0 amide bonds. The summed E-state index contributed by atoms with van der Waals surface area (Å²) in [5, 5.41) is 0. The molecule has 1 rings (SSSR count). The predicted molar refractivity (Wildman–Crippen MR) is 64.2 cm³/mol. The molecule has 0 saturated heterocycles. The van der Waals surface area contributed by atoms with Gasteiger partial charge < -0.3 is 11.5 Å². The molecule has 0 unspecified atom stereocenters. The number of anilines is 2. The quantitative estimate of drug-likeness (QED) is 0.690. The third-order valence-electron chi connectivity index (χ3n) is 2.25. The molecular weight excluding hydrogens is 208 g/mol. The Morgan fingerprint density at radius 1 is 1.19 bits per heavy atom. The summed E-state index contributed by atoms with van der Waals surface area (Å²) in [6.07, 6.45) is 0. The van der Waals surface area contributed by atoms with Gasteiger partial charge in [0.25, 0.3) is 5.56 Å². The smallest absolute Gasteiger partial charge is 0.332 e. The van der Waals surface area contributed by atoms with E-state index in [4.69, 9.17) is 11.5 Å². The number of nitrogen functional groups attached to an aromatic ring is 2. The SMILES string of the molecule is Cn1c(=O)c(N)c(N)n(CC(C)(C)C)c1=O. The minimum atomic E-state index is -0.548. The molecule has 0 saturated carbocycles. The van der Waals surface area contributed by atoms with Crippen LogP contribution >= 0.6 is 0 Å². The highest BCUT2D eigenvalue weighted by Gasteiger charge is 2.18. The molecule has 1 heterocycles. The van der Waals surface area contributed by atoms with E-state index in [9.17, 15) is 9.59 Å². The van der Waals surface area contributed by atoms with Crippen molar-refractivity contribution in [1.82, 2.24) is 9.13 Å². The minimum absolute atomic E-state index is 0.0445. The molecule has 0 fully saturated rings. The van der Waals surface area contributed by atoms with Gasteiger partial charge in [-0.15, -0.1) is 0 Å². The molecule has 0 aromatic carbocycles. The third kappa shape index (κ3) is 2.10. The number of hydrogen-bond donors (Lipinski definition) is 2. The van der Waals surface area contributed by atoms with E-state index in [1.54, 1.807) is 0 Å². The Morgan fingerprint density at radius 3 is 2.12 bits per heavy atom. The van der Waals surface area contributed by atoms with Crippen LogP contribution in [0.2, 0.25) is 0 Å². The van der Waals surface area contributed by atoms with E-state index in [0.29, 0.717) is 6.54 Å². The van der Waals surface area contributed by atoms with E-state index in [1.807, 2.05) is 20.8 Å². The number of nitrogens with two attached hydrogens (primary N) is 2. The molecule has 16 heavy (non-hydrogen) atoms. The summed E-state index contributed by atoms with van der Waals surface area (Å²) >= 11 is 0. The second-order valence-electron chi connectivity index (χ2n) is 5.09. The Kier molecular flexibility index (Phi) is 2.85. The van der Waals surface area contributed by atoms with Crippen LogP contribution in [0.1, 0.15) is 20.8 Å². The van der Waals surface area contributed by atoms with Crippen molar-refractivity contribution in [1.29, 1.82) is 0 Å². The van der Waals surface area contributed by atoms with E-state index in [0.717, 1.165) is 4.57 Å². The molecule has 0 aliphatic heterocycles. The van der Waals surface area contributed by atoms with Crippen molar-refractivity contribution in [2.75, 3.05) is 11.5 Å². The van der Waals surface area contributed by atoms with Gasteiger partial charge in [-0.05, 0) is 5.41 Å². The molecule has 1 aromatic heterocycles. The highest BCUT2D eigenvalue weighted by molar-refractivity contribution is 5.56. The molecule has 6 nitrogen and oxygen atoms in total. The Hall–Kier alpha value is -1.72. The monoisotopic (exact) mass is 226 g/mol. The minimum Gasteiger partial charge on any atom is -0.391 e. The molecule has 90 valence electrons. The fraction of sp³-hybridized carbons (Fsp3) is 0.600. The highest BCUT2D eigenvalue weighted by Crippen LogP contribution is 2.18. The Bertz CT molecular complexity index is 519. The van der Waals surface area contributed by atoms with Crippen molar-refractivity contribution in [2.24, 2.45) is 12.5 Å². The first-order valence-corrected chi connectivity index (χ1v) is 5.00. The van der Waals surface area contributed by atoms with E-state index in [2.05, 4.69) is 0 Å². The molecule has 0 aliphatic rings. The van der Waals surface area contributed by atoms with Crippen molar-refractivity contribution in [3.63, 3.8) is 0 Å². The van der Waals surface area contributed by atoms with Crippen LogP contribution in [0.15, 0.2) is 9.59 Å². The van der Waals surface area contributed by atoms with Crippen LogP contribution in [0.25, 0.3) is 0 Å². The van der Waals surface area contributed by atoms with Gasteiger partial charge in [0.05, 0.1) is 0 Å². The van der Waals surface area contributed by atoms with E-state index in [1.165, 1.54) is 11.6 Å². The van der Waals surface area contributed by atoms with E-state index in [-0.39, 0.29) is 16.9 Å². The van der Waals surface area contributed by atoms with Crippen LogP contribution < -0.4 is 22.7 Å². The summed E-state index contributed by atoms with van der Waals surface area (Å²) in [5.74, 6) is 0.0445. The Morgan fingerprint density at radius 2 is 1.69 bits per heavy atom. The number of rotatable bonds is 1. The third-order valence-corrected chi connectivity index (χ3v) is 2.25. The van der Waals surface area contributed by atoms with Crippen LogP contribution in [0.4, 0.5) is 11.5 Å². The molecule has 0 aliphatic carbocycles. The zero-order valence-electron chi connectivity index (χ0n) is 10.1. The number of nitrogens with zero attached hydrogens (tertiary/aromatic N) is 2. The van der Waals surface area contributed by atoms with Gasteiger partial charge in [0.2, 0.25) is 0 Å². The van der Waals surface area contributed by atoms with Gasteiger partial charge in [-0.2, -0.15) is 0 Å². The standard InChI is InChI=1S/C10H18N4O2/c1-10(2,3)5-14-7(12)6(11)8(15)13(4)9(14)16/h5,11-12H2,1-4H3. The second kappa shape index (κ2) is 3.70. The normalized spacial score (nSPS) is 11.8. The lowest BCUT2D eigenvalue weighted by Crippen LogP contribution is -2.42. The lowest BCUT2D eigenvalue weighted by molar-refractivity contribution is 0.335. The topological polar surface area (TPSA) is 96.0 Å². The molecule has 0 bridgehead atoms. The average molecular weight is 226 g/mol. The summed E-state index contributed by atoms with van der Waals surface area (Å²) in [5.41, 5.74) is 10.1. The first-order valence-electron chi connectivity index (χ1n) is 5.00. The summed E-state index contributed by atoms with van der Waals surface area (Å²) in [4.78, 5) is 23.3. The highest BCUT2D eigenvalue weighted by atomic mass is 16.2. The van der Waals surface area contributed by atoms with Gasteiger partial charge in [-0.3, -0.25) is 13.9 Å². The van der Waals surface area contributed by atoms with Crippen molar-refractivity contribution >= 4 is 11.5 Å². The first-order chi connectivity index (χ1) is 7.15. The fourth-order valence-corrected chi connectivity index (χ4v) is 1.43. The van der Waals surface area contributed by atoms with Gasteiger partial charge >= 0.3 is 5.69 Å². The summed E-state index contributed by atoms with van der Waals surface area (Å²) < 4.78 is 2.30. The van der Waals surface area contributed by atoms with Gasteiger partial charge in [0, 0.05) is 13.6 Å². The van der Waals surface area contributed by atoms with Gasteiger partial charge in [-0.1, -0.05) is 20.8 Å². The zero-order chi connectivity index (χ0) is 12.7. The average Bonchev–Trinajstić information content (AvgIpc) is 2.17. The second-order valence-corrected chi connectivity index (χ2v) is 5.09. The van der Waals surface area contributed by atoms with Crippen LogP contribution in [0.3, 0.4) is 0 Å². The number of aromatic nitrogens is 2. The zero-order valence-corrected chi connectivity index (χ0v) is 10.1. The molecule has 6 heteroatoms. The lowest BCUT2D eigenvalue weighted by Gasteiger charge is -2.22. The molecule has 0 spiro atoms. The van der Waals surface area contributed by atoms with Gasteiger partial charge in [-0.25, -0.2) is 4.79 Å². The van der Waals surface area contributed by atoms with Crippen LogP contribution in [-0.2, 0) is 13.6 Å². The maximum atomic E-state index is 11.8. The van der Waals surface area contributed by atoms with Crippen molar-refractivity contribution in [2.45, 2.75) is 27.3 Å². The van der Waals surface area contributed by atoms with Crippen LogP contribution in [0.5, 0.6) is 0 Å². The fourth-order valence-electron chi connectivity index (χ4n) is 1.43. The largest absolute Gasteiger partial charge is 0.391 e. The first kappa shape index (κ1) is 12.4.